The molecule has 1 N–H and O–H groups in total. The van der Waals surface area contributed by atoms with Crippen molar-refractivity contribution in [2.75, 3.05) is 0 Å². The van der Waals surface area contributed by atoms with Crippen molar-refractivity contribution in [1.82, 2.24) is 5.32 Å². The molecule has 1 aliphatic heterocycles. The predicted molar refractivity (Wildman–Crippen MR) is 67.2 cm³/mol. The number of ether oxygens (including phenoxy) is 1. The third kappa shape index (κ3) is 2.96. The van der Waals surface area contributed by atoms with Crippen LogP contribution in [0.5, 0.6) is 0 Å². The summed E-state index contributed by atoms with van der Waals surface area (Å²) in [6.45, 7) is 3.77. The van der Waals surface area contributed by atoms with E-state index in [1.165, 1.54) is 0 Å². The highest BCUT2D eigenvalue weighted by Gasteiger charge is 2.27. The number of hydrogen-bond donors (Lipinski definition) is 1. The van der Waals surface area contributed by atoms with Crippen molar-refractivity contribution >= 4 is 11.8 Å². The van der Waals surface area contributed by atoms with Crippen molar-refractivity contribution in [2.45, 2.75) is 39.0 Å². The van der Waals surface area contributed by atoms with Gasteiger partial charge in [-0.3, -0.25) is 10.1 Å². The Morgan fingerprint density at radius 1 is 1.33 bits per heavy atom. The number of esters is 1. The van der Waals surface area contributed by atoms with Gasteiger partial charge in [0.15, 0.2) is 6.23 Å². The van der Waals surface area contributed by atoms with Crippen LogP contribution in [0, 0.1) is 6.92 Å². The molecule has 1 fully saturated rings. The molecule has 4 heteroatoms. The monoisotopic (exact) mass is 247 g/mol. The van der Waals surface area contributed by atoms with E-state index < -0.39 is 6.23 Å². The van der Waals surface area contributed by atoms with E-state index in [9.17, 15) is 9.59 Å². The van der Waals surface area contributed by atoms with E-state index in [1.54, 1.807) is 12.1 Å². The van der Waals surface area contributed by atoms with Gasteiger partial charge in [0.25, 0.3) is 0 Å². The maximum absolute atomic E-state index is 12.0. The van der Waals surface area contributed by atoms with Gasteiger partial charge in [-0.1, -0.05) is 18.2 Å². The zero-order valence-corrected chi connectivity index (χ0v) is 10.6. The summed E-state index contributed by atoms with van der Waals surface area (Å²) in [5.74, 6) is -0.253. The highest BCUT2D eigenvalue weighted by molar-refractivity contribution is 5.91. The summed E-state index contributed by atoms with van der Waals surface area (Å²) in [5.41, 5.74) is 1.42. The lowest BCUT2D eigenvalue weighted by Gasteiger charge is -2.27. The van der Waals surface area contributed by atoms with Crippen LogP contribution in [0.3, 0.4) is 0 Å². The van der Waals surface area contributed by atoms with Gasteiger partial charge < -0.3 is 4.74 Å². The fraction of sp³-hybridized carbons (Fsp3) is 0.429. The Balaban J connectivity index is 2.03. The smallest absolute Gasteiger partial charge is 0.339 e. The summed E-state index contributed by atoms with van der Waals surface area (Å²) in [4.78, 5) is 23.4. The first kappa shape index (κ1) is 12.8. The van der Waals surface area contributed by atoms with Gasteiger partial charge in [0.1, 0.15) is 5.78 Å². The summed E-state index contributed by atoms with van der Waals surface area (Å²) in [6.07, 6.45) is 0.244. The van der Waals surface area contributed by atoms with E-state index in [0.29, 0.717) is 12.0 Å². The van der Waals surface area contributed by atoms with Crippen LogP contribution >= 0.6 is 0 Å². The number of carbonyl (C=O) groups excluding carboxylic acids is 2. The second-order valence-corrected chi connectivity index (χ2v) is 4.72. The van der Waals surface area contributed by atoms with E-state index in [0.717, 1.165) is 5.56 Å². The molecular weight excluding hydrogens is 230 g/mol. The number of ketones is 1. The minimum absolute atomic E-state index is 0.0564. The zero-order chi connectivity index (χ0) is 13.1. The molecule has 0 amide bonds. The van der Waals surface area contributed by atoms with Crippen LogP contribution < -0.4 is 5.32 Å². The molecule has 0 spiro atoms. The largest absolute Gasteiger partial charge is 0.442 e. The van der Waals surface area contributed by atoms with Gasteiger partial charge in [0.05, 0.1) is 12.0 Å². The molecule has 0 radical (unpaired) electrons. The lowest BCUT2D eigenvalue weighted by Crippen LogP contribution is -2.46. The molecule has 1 aliphatic rings. The fourth-order valence-electron chi connectivity index (χ4n) is 2.14. The van der Waals surface area contributed by atoms with Crippen LogP contribution in [0.25, 0.3) is 0 Å². The summed E-state index contributed by atoms with van der Waals surface area (Å²) >= 11 is 0. The third-order valence-corrected chi connectivity index (χ3v) is 3.03. The number of rotatable bonds is 2. The molecule has 4 nitrogen and oxygen atoms in total. The molecule has 0 saturated carbocycles. The van der Waals surface area contributed by atoms with Gasteiger partial charge >= 0.3 is 5.97 Å². The van der Waals surface area contributed by atoms with Crippen LogP contribution in [-0.4, -0.2) is 24.0 Å². The van der Waals surface area contributed by atoms with E-state index in [2.05, 4.69) is 5.32 Å². The molecule has 1 aromatic rings. The van der Waals surface area contributed by atoms with Crippen molar-refractivity contribution in [3.8, 4) is 0 Å². The SMILES string of the molecule is Cc1ccccc1C(=O)OC1CC(=O)CC(C)N1. The molecule has 1 heterocycles. The Morgan fingerprint density at radius 2 is 2.06 bits per heavy atom. The van der Waals surface area contributed by atoms with Crippen molar-refractivity contribution in [3.05, 3.63) is 35.4 Å². The normalized spacial score (nSPS) is 23.8. The Labute approximate surface area is 106 Å². The number of piperidine rings is 1. The molecule has 2 rings (SSSR count). The fourth-order valence-corrected chi connectivity index (χ4v) is 2.14. The first-order chi connectivity index (χ1) is 8.56. The van der Waals surface area contributed by atoms with Crippen molar-refractivity contribution < 1.29 is 14.3 Å². The first-order valence-corrected chi connectivity index (χ1v) is 6.10. The topological polar surface area (TPSA) is 55.4 Å². The van der Waals surface area contributed by atoms with Crippen LogP contribution in [-0.2, 0) is 9.53 Å². The van der Waals surface area contributed by atoms with Crippen LogP contribution in [0.1, 0.15) is 35.7 Å². The Morgan fingerprint density at radius 3 is 2.72 bits per heavy atom. The van der Waals surface area contributed by atoms with E-state index in [4.69, 9.17) is 4.74 Å². The minimum Gasteiger partial charge on any atom is -0.442 e. The maximum Gasteiger partial charge on any atom is 0.339 e. The van der Waals surface area contributed by atoms with Crippen molar-refractivity contribution in [1.29, 1.82) is 0 Å². The average molecular weight is 247 g/mol. The molecule has 0 aliphatic carbocycles. The molecular formula is C14H17NO3. The molecule has 0 aromatic heterocycles. The summed E-state index contributed by atoms with van der Waals surface area (Å²) < 4.78 is 5.33. The maximum atomic E-state index is 12.0. The Bertz CT molecular complexity index is 470. The lowest BCUT2D eigenvalue weighted by atomic mass is 10.0. The van der Waals surface area contributed by atoms with Gasteiger partial charge in [-0.15, -0.1) is 0 Å². The van der Waals surface area contributed by atoms with Crippen molar-refractivity contribution in [3.63, 3.8) is 0 Å². The van der Waals surface area contributed by atoms with E-state index in [-0.39, 0.29) is 24.2 Å². The first-order valence-electron chi connectivity index (χ1n) is 6.10. The van der Waals surface area contributed by atoms with Gasteiger partial charge in [-0.05, 0) is 25.5 Å². The molecule has 96 valence electrons. The van der Waals surface area contributed by atoms with Gasteiger partial charge in [0, 0.05) is 12.5 Å². The van der Waals surface area contributed by atoms with Crippen LogP contribution in [0.2, 0.25) is 0 Å². The van der Waals surface area contributed by atoms with E-state index in [1.807, 2.05) is 26.0 Å². The highest BCUT2D eigenvalue weighted by atomic mass is 16.6. The molecule has 2 atom stereocenters. The quantitative estimate of drug-likeness (QED) is 0.810. The Kier molecular flexibility index (Phi) is 3.77. The summed E-state index contributed by atoms with van der Waals surface area (Å²) in [6, 6.07) is 7.31. The molecule has 2 unspecified atom stereocenters. The standard InChI is InChI=1S/C14H17NO3/c1-9-5-3-4-6-12(9)14(17)18-13-8-11(16)7-10(2)15-13/h3-6,10,13,15H,7-8H2,1-2H3. The Hall–Kier alpha value is -1.68. The third-order valence-electron chi connectivity index (χ3n) is 3.03. The molecule has 1 saturated heterocycles. The van der Waals surface area contributed by atoms with E-state index >= 15 is 0 Å². The summed E-state index contributed by atoms with van der Waals surface area (Å²) in [5, 5.41) is 3.10. The highest BCUT2D eigenvalue weighted by Crippen LogP contribution is 2.14. The van der Waals surface area contributed by atoms with Crippen molar-refractivity contribution in [2.24, 2.45) is 0 Å². The minimum atomic E-state index is -0.506. The molecule has 1 aromatic carbocycles. The lowest BCUT2D eigenvalue weighted by molar-refractivity contribution is -0.124. The van der Waals surface area contributed by atoms with Gasteiger partial charge in [0.2, 0.25) is 0 Å². The van der Waals surface area contributed by atoms with Gasteiger partial charge in [-0.25, -0.2) is 4.79 Å². The predicted octanol–water partition coefficient (Wildman–Crippen LogP) is 1.82. The van der Waals surface area contributed by atoms with Crippen LogP contribution in [0.4, 0.5) is 0 Å². The number of nitrogens with one attached hydrogen (secondary N) is 1. The number of aryl methyl sites for hydroxylation is 1. The number of carbonyl (C=O) groups is 2. The second kappa shape index (κ2) is 5.31. The number of hydrogen-bond acceptors (Lipinski definition) is 4. The number of benzene rings is 1. The molecule has 0 bridgehead atoms. The van der Waals surface area contributed by atoms with Crippen LogP contribution in [0.15, 0.2) is 24.3 Å². The second-order valence-electron chi connectivity index (χ2n) is 4.72. The summed E-state index contributed by atoms with van der Waals surface area (Å²) in [7, 11) is 0. The van der Waals surface area contributed by atoms with Gasteiger partial charge in [-0.2, -0.15) is 0 Å². The molecule has 18 heavy (non-hydrogen) atoms. The average Bonchev–Trinajstić information content (AvgIpc) is 2.27. The zero-order valence-electron chi connectivity index (χ0n) is 10.6. The number of Topliss-reactive ketones (excluding diaryl/α,β-unsaturated/α-hetero) is 1.